The smallest absolute Gasteiger partial charge is 0.232 e. The predicted molar refractivity (Wildman–Crippen MR) is 93.8 cm³/mol. The first kappa shape index (κ1) is 20.5. The van der Waals surface area contributed by atoms with Crippen molar-refractivity contribution >= 4 is 25.7 Å². The summed E-state index contributed by atoms with van der Waals surface area (Å²) in [7, 11) is -4.12. The van der Waals surface area contributed by atoms with E-state index >= 15 is 0 Å². The first-order chi connectivity index (χ1) is 11.1. The molecule has 10 heteroatoms. The van der Waals surface area contributed by atoms with Gasteiger partial charge >= 0.3 is 0 Å². The van der Waals surface area contributed by atoms with Gasteiger partial charge in [0.1, 0.15) is 11.5 Å². The number of nitrogens with zero attached hydrogens (tertiary/aromatic N) is 1. The van der Waals surface area contributed by atoms with Gasteiger partial charge in [-0.05, 0) is 18.6 Å². The molecule has 0 fully saturated rings. The van der Waals surface area contributed by atoms with Crippen LogP contribution in [-0.4, -0.2) is 56.2 Å². The Bertz CT molecular complexity index is 747. The van der Waals surface area contributed by atoms with Crippen LogP contribution in [0, 0.1) is 0 Å². The molecule has 1 N–H and O–H groups in total. The molecule has 0 aliphatic heterocycles. The zero-order chi connectivity index (χ0) is 18.4. The van der Waals surface area contributed by atoms with Crippen molar-refractivity contribution in [3.63, 3.8) is 0 Å². The van der Waals surface area contributed by atoms with Crippen LogP contribution in [0.3, 0.4) is 0 Å². The lowest BCUT2D eigenvalue weighted by molar-refractivity contribution is 0.395. The number of nitrogens with one attached hydrogen (secondary N) is 1. The van der Waals surface area contributed by atoms with Crippen LogP contribution in [0.5, 0.6) is 11.5 Å². The normalized spacial score (nSPS) is 12.0. The Balaban J connectivity index is 3.04. The molecule has 0 radical (unpaired) electrons. The summed E-state index contributed by atoms with van der Waals surface area (Å²) >= 11 is 0. The fraction of sp³-hybridized carbons (Fsp3) is 0.571. The number of sulfonamides is 2. The summed E-state index contributed by atoms with van der Waals surface area (Å²) in [6.45, 7) is 1.67. The molecule has 0 saturated heterocycles. The molecule has 0 unspecified atom stereocenters. The largest absolute Gasteiger partial charge is 0.497 e. The lowest BCUT2D eigenvalue weighted by atomic mass is 10.2. The molecular weight excluding hydrogens is 356 g/mol. The zero-order valence-corrected chi connectivity index (χ0v) is 15.9. The fourth-order valence-corrected chi connectivity index (χ4v) is 4.11. The van der Waals surface area contributed by atoms with Gasteiger partial charge in [-0.3, -0.25) is 4.31 Å². The molecule has 1 aromatic carbocycles. The van der Waals surface area contributed by atoms with Gasteiger partial charge in [-0.25, -0.2) is 21.6 Å². The van der Waals surface area contributed by atoms with Crippen molar-refractivity contribution in [3.05, 3.63) is 18.2 Å². The van der Waals surface area contributed by atoms with Gasteiger partial charge in [0.25, 0.3) is 0 Å². The molecule has 0 atom stereocenters. The van der Waals surface area contributed by atoms with E-state index in [2.05, 4.69) is 4.72 Å². The van der Waals surface area contributed by atoms with E-state index in [4.69, 9.17) is 9.47 Å². The minimum absolute atomic E-state index is 0.00225. The van der Waals surface area contributed by atoms with Crippen LogP contribution in [0.25, 0.3) is 0 Å². The highest BCUT2D eigenvalue weighted by atomic mass is 32.2. The number of rotatable bonds is 10. The average molecular weight is 380 g/mol. The Morgan fingerprint density at radius 2 is 1.79 bits per heavy atom. The first-order valence-corrected chi connectivity index (χ1v) is 10.8. The summed E-state index contributed by atoms with van der Waals surface area (Å²) in [6.07, 6.45) is 1.54. The minimum atomic E-state index is -3.62. The Morgan fingerprint density at radius 1 is 1.12 bits per heavy atom. The van der Waals surface area contributed by atoms with Gasteiger partial charge < -0.3 is 9.47 Å². The Hall–Kier alpha value is -1.52. The molecule has 24 heavy (non-hydrogen) atoms. The molecule has 0 saturated carbocycles. The molecule has 0 aliphatic rings. The molecule has 8 nitrogen and oxygen atoms in total. The maximum absolute atomic E-state index is 12.1. The Morgan fingerprint density at radius 3 is 2.29 bits per heavy atom. The van der Waals surface area contributed by atoms with Crippen LogP contribution in [0.1, 0.15) is 13.3 Å². The summed E-state index contributed by atoms with van der Waals surface area (Å²) in [5.74, 6) is 0.835. The monoisotopic (exact) mass is 380 g/mol. The molecule has 0 aliphatic carbocycles. The summed E-state index contributed by atoms with van der Waals surface area (Å²) in [4.78, 5) is 0. The van der Waals surface area contributed by atoms with E-state index in [9.17, 15) is 16.8 Å². The van der Waals surface area contributed by atoms with Gasteiger partial charge in [0.2, 0.25) is 20.0 Å². The molecule has 138 valence electrons. The van der Waals surface area contributed by atoms with Crippen molar-refractivity contribution in [1.29, 1.82) is 0 Å². The summed E-state index contributed by atoms with van der Waals surface area (Å²) < 4.78 is 61.4. The van der Waals surface area contributed by atoms with Gasteiger partial charge in [-0.1, -0.05) is 6.92 Å². The topological polar surface area (TPSA) is 102 Å². The van der Waals surface area contributed by atoms with Crippen molar-refractivity contribution in [1.82, 2.24) is 4.72 Å². The SMILES string of the molecule is CCCS(=O)(=O)NCCN(c1ccc(OC)cc1OC)S(C)(=O)=O. The van der Waals surface area contributed by atoms with Crippen LogP contribution in [-0.2, 0) is 20.0 Å². The third kappa shape index (κ3) is 5.84. The van der Waals surface area contributed by atoms with Crippen LogP contribution in [0.15, 0.2) is 18.2 Å². The predicted octanol–water partition coefficient (Wildman–Crippen LogP) is 0.799. The lowest BCUT2D eigenvalue weighted by Crippen LogP contribution is -2.38. The van der Waals surface area contributed by atoms with E-state index in [1.54, 1.807) is 25.1 Å². The fourth-order valence-electron chi connectivity index (χ4n) is 2.10. The van der Waals surface area contributed by atoms with E-state index in [-0.39, 0.29) is 18.8 Å². The quantitative estimate of drug-likeness (QED) is 0.644. The highest BCUT2D eigenvalue weighted by Crippen LogP contribution is 2.33. The van der Waals surface area contributed by atoms with Crippen molar-refractivity contribution < 1.29 is 26.3 Å². The molecule has 0 amide bonds. The summed E-state index contributed by atoms with van der Waals surface area (Å²) in [6, 6.07) is 4.73. The number of anilines is 1. The van der Waals surface area contributed by atoms with Crippen molar-refractivity contribution in [2.75, 3.05) is 43.6 Å². The molecule has 1 aromatic rings. The van der Waals surface area contributed by atoms with Crippen LogP contribution < -0.4 is 18.5 Å². The lowest BCUT2D eigenvalue weighted by Gasteiger charge is -2.24. The standard InChI is InChI=1S/C14H24N2O6S2/c1-5-10-24(19,20)15-8-9-16(23(4,17)18)13-7-6-12(21-2)11-14(13)22-3/h6-7,11,15H,5,8-10H2,1-4H3. The maximum atomic E-state index is 12.1. The second kappa shape index (κ2) is 8.54. The summed E-state index contributed by atoms with van der Waals surface area (Å²) in [5.41, 5.74) is 0.315. The van der Waals surface area contributed by atoms with E-state index in [0.29, 0.717) is 23.6 Å². The number of ether oxygens (including phenoxy) is 2. The van der Waals surface area contributed by atoms with Gasteiger partial charge in [0.15, 0.2) is 0 Å². The maximum Gasteiger partial charge on any atom is 0.232 e. The number of methoxy groups -OCH3 is 2. The van der Waals surface area contributed by atoms with Crippen molar-refractivity contribution in [2.24, 2.45) is 0 Å². The van der Waals surface area contributed by atoms with Crippen LogP contribution in [0.2, 0.25) is 0 Å². The van der Waals surface area contributed by atoms with Gasteiger partial charge in [0, 0.05) is 19.2 Å². The molecular formula is C14H24N2O6S2. The van der Waals surface area contributed by atoms with E-state index < -0.39 is 20.0 Å². The summed E-state index contributed by atoms with van der Waals surface area (Å²) in [5, 5.41) is 0. The Labute approximate surface area is 143 Å². The van der Waals surface area contributed by atoms with Crippen LogP contribution in [0.4, 0.5) is 5.69 Å². The van der Waals surface area contributed by atoms with Crippen LogP contribution >= 0.6 is 0 Å². The van der Waals surface area contributed by atoms with E-state index in [0.717, 1.165) is 10.6 Å². The molecule has 0 heterocycles. The van der Waals surface area contributed by atoms with Gasteiger partial charge in [-0.15, -0.1) is 0 Å². The molecule has 0 spiro atoms. The van der Waals surface area contributed by atoms with Gasteiger partial charge in [0.05, 0.1) is 31.9 Å². The molecule has 0 bridgehead atoms. The zero-order valence-electron chi connectivity index (χ0n) is 14.3. The highest BCUT2D eigenvalue weighted by Gasteiger charge is 2.22. The third-order valence-corrected chi connectivity index (χ3v) is 5.94. The van der Waals surface area contributed by atoms with E-state index in [1.165, 1.54) is 14.2 Å². The minimum Gasteiger partial charge on any atom is -0.497 e. The van der Waals surface area contributed by atoms with Gasteiger partial charge in [-0.2, -0.15) is 0 Å². The Kier molecular flexibility index (Phi) is 7.30. The average Bonchev–Trinajstić information content (AvgIpc) is 2.50. The molecule has 0 aromatic heterocycles. The number of hydrogen-bond acceptors (Lipinski definition) is 6. The second-order valence-corrected chi connectivity index (χ2v) is 8.92. The first-order valence-electron chi connectivity index (χ1n) is 7.31. The second-order valence-electron chi connectivity index (χ2n) is 5.09. The third-order valence-electron chi connectivity index (χ3n) is 3.17. The number of hydrogen-bond donors (Lipinski definition) is 1. The number of benzene rings is 1. The van der Waals surface area contributed by atoms with E-state index in [1.807, 2.05) is 0 Å². The van der Waals surface area contributed by atoms with Crippen molar-refractivity contribution in [3.8, 4) is 11.5 Å². The molecule has 1 rings (SSSR count). The highest BCUT2D eigenvalue weighted by molar-refractivity contribution is 7.92. The van der Waals surface area contributed by atoms with Crippen molar-refractivity contribution in [2.45, 2.75) is 13.3 Å².